The van der Waals surface area contributed by atoms with Crippen molar-refractivity contribution in [2.75, 3.05) is 13.1 Å². The number of amides is 1. The SMILES string of the molecule is NC(C(=O)N1CCC(S(=O)(=O)c2ccccc2)CC1)C1Cc2ccccc2C1. The Hall–Kier alpha value is -2.18. The van der Waals surface area contributed by atoms with E-state index in [9.17, 15) is 13.2 Å². The van der Waals surface area contributed by atoms with E-state index in [0.29, 0.717) is 30.8 Å². The zero-order valence-electron chi connectivity index (χ0n) is 15.8. The molecule has 28 heavy (non-hydrogen) atoms. The van der Waals surface area contributed by atoms with Crippen molar-refractivity contribution in [2.24, 2.45) is 11.7 Å². The summed E-state index contributed by atoms with van der Waals surface area (Å²) in [5.74, 6) is 0.0732. The Kier molecular flexibility index (Phi) is 5.25. The van der Waals surface area contributed by atoms with Crippen LogP contribution >= 0.6 is 0 Å². The van der Waals surface area contributed by atoms with Gasteiger partial charge in [0.05, 0.1) is 16.2 Å². The number of rotatable bonds is 4. The third-order valence-electron chi connectivity index (χ3n) is 6.14. The van der Waals surface area contributed by atoms with Gasteiger partial charge in [0.25, 0.3) is 0 Å². The Balaban J connectivity index is 1.37. The lowest BCUT2D eigenvalue weighted by Crippen LogP contribution is -2.51. The minimum absolute atomic E-state index is 0.0478. The molecule has 0 bridgehead atoms. The molecule has 148 valence electrons. The zero-order valence-corrected chi connectivity index (χ0v) is 16.6. The summed E-state index contributed by atoms with van der Waals surface area (Å²) in [5.41, 5.74) is 8.90. The summed E-state index contributed by atoms with van der Waals surface area (Å²) in [7, 11) is -3.35. The van der Waals surface area contributed by atoms with Crippen LogP contribution in [0.1, 0.15) is 24.0 Å². The fourth-order valence-corrected chi connectivity index (χ4v) is 6.20. The molecule has 0 spiro atoms. The van der Waals surface area contributed by atoms with Crippen LogP contribution in [0, 0.1) is 5.92 Å². The molecule has 1 heterocycles. The van der Waals surface area contributed by atoms with E-state index in [1.165, 1.54) is 11.1 Å². The predicted molar refractivity (Wildman–Crippen MR) is 109 cm³/mol. The highest BCUT2D eigenvalue weighted by Gasteiger charge is 2.37. The molecule has 0 saturated carbocycles. The van der Waals surface area contributed by atoms with Crippen LogP contribution < -0.4 is 5.73 Å². The molecule has 1 unspecified atom stereocenters. The quantitative estimate of drug-likeness (QED) is 0.856. The van der Waals surface area contributed by atoms with E-state index in [-0.39, 0.29) is 11.8 Å². The summed E-state index contributed by atoms with van der Waals surface area (Å²) in [6.45, 7) is 0.895. The predicted octanol–water partition coefficient (Wildman–Crippen LogP) is 2.19. The number of carbonyl (C=O) groups excluding carboxylic acids is 1. The number of sulfone groups is 1. The molecule has 2 N–H and O–H groups in total. The van der Waals surface area contributed by atoms with E-state index >= 15 is 0 Å². The summed E-state index contributed by atoms with van der Waals surface area (Å²) in [6, 6.07) is 16.3. The van der Waals surface area contributed by atoms with Gasteiger partial charge in [-0.25, -0.2) is 8.42 Å². The maximum absolute atomic E-state index is 12.9. The van der Waals surface area contributed by atoms with Crippen molar-refractivity contribution in [3.63, 3.8) is 0 Å². The van der Waals surface area contributed by atoms with Crippen LogP contribution in [-0.2, 0) is 27.5 Å². The lowest BCUT2D eigenvalue weighted by molar-refractivity contribution is -0.134. The van der Waals surface area contributed by atoms with Crippen LogP contribution in [-0.4, -0.2) is 43.6 Å². The first-order chi connectivity index (χ1) is 13.5. The number of fused-ring (bicyclic) bond motifs is 1. The fraction of sp³-hybridized carbons (Fsp3) is 0.409. The second kappa shape index (κ2) is 7.68. The number of piperidine rings is 1. The summed E-state index contributed by atoms with van der Waals surface area (Å²) in [6.07, 6.45) is 2.59. The van der Waals surface area contributed by atoms with Crippen LogP contribution in [0.15, 0.2) is 59.5 Å². The molecule has 4 rings (SSSR count). The molecule has 1 atom stereocenters. The molecular weight excluding hydrogens is 372 g/mol. The largest absolute Gasteiger partial charge is 0.341 e. The van der Waals surface area contributed by atoms with E-state index in [0.717, 1.165) is 12.8 Å². The lowest BCUT2D eigenvalue weighted by Gasteiger charge is -2.34. The van der Waals surface area contributed by atoms with Crippen molar-refractivity contribution in [2.45, 2.75) is 41.9 Å². The smallest absolute Gasteiger partial charge is 0.239 e. The number of likely N-dealkylation sites (tertiary alicyclic amines) is 1. The minimum Gasteiger partial charge on any atom is -0.341 e. The number of carbonyl (C=O) groups is 1. The van der Waals surface area contributed by atoms with Gasteiger partial charge in [-0.15, -0.1) is 0 Å². The molecule has 1 aliphatic carbocycles. The van der Waals surface area contributed by atoms with Gasteiger partial charge in [-0.1, -0.05) is 42.5 Å². The average molecular weight is 399 g/mol. The van der Waals surface area contributed by atoms with Gasteiger partial charge in [0.2, 0.25) is 5.91 Å². The Morgan fingerprint density at radius 3 is 2.04 bits per heavy atom. The number of hydrogen-bond donors (Lipinski definition) is 1. The molecular formula is C22H26N2O3S. The van der Waals surface area contributed by atoms with Crippen molar-refractivity contribution in [1.29, 1.82) is 0 Å². The fourth-order valence-electron chi connectivity index (χ4n) is 4.45. The zero-order chi connectivity index (χ0) is 19.7. The minimum atomic E-state index is -3.35. The van der Waals surface area contributed by atoms with Gasteiger partial charge in [0, 0.05) is 13.1 Å². The molecule has 1 fully saturated rings. The van der Waals surface area contributed by atoms with E-state index in [2.05, 4.69) is 12.1 Å². The Morgan fingerprint density at radius 1 is 0.929 bits per heavy atom. The van der Waals surface area contributed by atoms with Gasteiger partial charge in [0.15, 0.2) is 9.84 Å². The van der Waals surface area contributed by atoms with Crippen LogP contribution in [0.2, 0.25) is 0 Å². The van der Waals surface area contributed by atoms with E-state index in [1.54, 1.807) is 29.2 Å². The van der Waals surface area contributed by atoms with Gasteiger partial charge in [-0.3, -0.25) is 4.79 Å². The number of nitrogens with two attached hydrogens (primary N) is 1. The van der Waals surface area contributed by atoms with Gasteiger partial charge in [-0.05, 0) is 54.9 Å². The highest BCUT2D eigenvalue weighted by Crippen LogP contribution is 2.30. The van der Waals surface area contributed by atoms with Crippen LogP contribution in [0.5, 0.6) is 0 Å². The van der Waals surface area contributed by atoms with Crippen molar-refractivity contribution in [1.82, 2.24) is 4.90 Å². The van der Waals surface area contributed by atoms with Crippen molar-refractivity contribution in [3.05, 3.63) is 65.7 Å². The lowest BCUT2D eigenvalue weighted by atomic mass is 9.95. The van der Waals surface area contributed by atoms with Gasteiger partial charge >= 0.3 is 0 Å². The van der Waals surface area contributed by atoms with E-state index in [4.69, 9.17) is 5.73 Å². The number of benzene rings is 2. The maximum Gasteiger partial charge on any atom is 0.239 e. The second-order valence-electron chi connectivity index (χ2n) is 7.85. The molecule has 0 aromatic heterocycles. The van der Waals surface area contributed by atoms with Crippen LogP contribution in [0.4, 0.5) is 0 Å². The maximum atomic E-state index is 12.9. The average Bonchev–Trinajstić information content (AvgIpc) is 3.17. The molecule has 1 saturated heterocycles. The third-order valence-corrected chi connectivity index (χ3v) is 8.42. The van der Waals surface area contributed by atoms with E-state index in [1.807, 2.05) is 18.2 Å². The number of nitrogens with zero attached hydrogens (tertiary/aromatic N) is 1. The standard InChI is InChI=1S/C22H26N2O3S/c23-21(18-14-16-6-4-5-7-17(16)15-18)22(25)24-12-10-20(11-13-24)28(26,27)19-8-2-1-3-9-19/h1-9,18,20-21H,10-15,23H2. The van der Waals surface area contributed by atoms with Gasteiger partial charge < -0.3 is 10.6 Å². The van der Waals surface area contributed by atoms with Crippen molar-refractivity contribution in [3.8, 4) is 0 Å². The number of hydrogen-bond acceptors (Lipinski definition) is 4. The molecule has 2 aliphatic rings. The van der Waals surface area contributed by atoms with Crippen molar-refractivity contribution >= 4 is 15.7 Å². The first-order valence-corrected chi connectivity index (χ1v) is 11.4. The summed E-state index contributed by atoms with van der Waals surface area (Å²) in [5, 5.41) is -0.439. The van der Waals surface area contributed by atoms with Crippen LogP contribution in [0.25, 0.3) is 0 Å². The highest BCUT2D eigenvalue weighted by molar-refractivity contribution is 7.92. The van der Waals surface area contributed by atoms with Gasteiger partial charge in [-0.2, -0.15) is 0 Å². The first kappa shape index (κ1) is 19.2. The first-order valence-electron chi connectivity index (χ1n) is 9.87. The highest BCUT2D eigenvalue weighted by atomic mass is 32.2. The van der Waals surface area contributed by atoms with Crippen LogP contribution in [0.3, 0.4) is 0 Å². The Bertz CT molecular complexity index is 926. The summed E-state index contributed by atoms with van der Waals surface area (Å²) >= 11 is 0. The van der Waals surface area contributed by atoms with E-state index < -0.39 is 21.1 Å². The second-order valence-corrected chi connectivity index (χ2v) is 10.1. The molecule has 0 radical (unpaired) electrons. The normalized spacial score (nSPS) is 19.4. The summed E-state index contributed by atoms with van der Waals surface area (Å²) < 4.78 is 25.6. The topological polar surface area (TPSA) is 80.5 Å². The molecule has 1 amide bonds. The Labute approximate surface area is 166 Å². The molecule has 2 aromatic rings. The molecule has 2 aromatic carbocycles. The summed E-state index contributed by atoms with van der Waals surface area (Å²) in [4.78, 5) is 15.0. The third kappa shape index (κ3) is 3.59. The molecule has 5 nitrogen and oxygen atoms in total. The Morgan fingerprint density at radius 2 is 1.46 bits per heavy atom. The molecule has 1 aliphatic heterocycles. The van der Waals surface area contributed by atoms with Gasteiger partial charge in [0.1, 0.15) is 0 Å². The monoisotopic (exact) mass is 398 g/mol. The van der Waals surface area contributed by atoms with Crippen molar-refractivity contribution < 1.29 is 13.2 Å². The molecule has 6 heteroatoms.